The van der Waals surface area contributed by atoms with Crippen molar-refractivity contribution in [2.45, 2.75) is 19.9 Å². The molecule has 10 heteroatoms. The van der Waals surface area contributed by atoms with Crippen LogP contribution in [0.2, 0.25) is 0 Å². The van der Waals surface area contributed by atoms with Crippen LogP contribution in [0.1, 0.15) is 24.2 Å². The van der Waals surface area contributed by atoms with Gasteiger partial charge in [0.05, 0.1) is 12.1 Å². The van der Waals surface area contributed by atoms with E-state index in [1.807, 2.05) is 30.3 Å². The van der Waals surface area contributed by atoms with Gasteiger partial charge in [0.15, 0.2) is 5.17 Å². The van der Waals surface area contributed by atoms with Gasteiger partial charge in [0, 0.05) is 31.6 Å². The SMILES string of the molecule is CCOC(=O)c1c(/N=C2\SCC(C)N2c2ccccc2)sc2c(=O)n(C)c(=O)n(C)c12. The number of para-hydroxylation sites is 1. The summed E-state index contributed by atoms with van der Waals surface area (Å²) in [5, 5.41) is 1.10. The van der Waals surface area contributed by atoms with E-state index in [9.17, 15) is 14.4 Å². The lowest BCUT2D eigenvalue weighted by molar-refractivity contribution is 0.0529. The number of aryl methyl sites for hydroxylation is 1. The average molecular weight is 459 g/mol. The lowest BCUT2D eigenvalue weighted by atomic mass is 10.2. The van der Waals surface area contributed by atoms with Crippen LogP contribution in [0.5, 0.6) is 0 Å². The molecule has 1 aromatic carbocycles. The highest BCUT2D eigenvalue weighted by atomic mass is 32.2. The van der Waals surface area contributed by atoms with Gasteiger partial charge in [-0.3, -0.25) is 13.9 Å². The molecule has 31 heavy (non-hydrogen) atoms. The van der Waals surface area contributed by atoms with Gasteiger partial charge < -0.3 is 9.64 Å². The predicted molar refractivity (Wildman–Crippen MR) is 126 cm³/mol. The number of thiophene rings is 1. The minimum absolute atomic E-state index is 0.153. The fourth-order valence-electron chi connectivity index (χ4n) is 3.56. The Labute approximate surface area is 186 Å². The highest BCUT2D eigenvalue weighted by Gasteiger charge is 2.31. The van der Waals surface area contributed by atoms with Crippen molar-refractivity contribution >= 4 is 55.1 Å². The highest BCUT2D eigenvalue weighted by Crippen LogP contribution is 2.39. The van der Waals surface area contributed by atoms with Gasteiger partial charge in [0.2, 0.25) is 0 Å². The summed E-state index contributed by atoms with van der Waals surface area (Å²) >= 11 is 2.69. The molecular weight excluding hydrogens is 436 g/mol. The van der Waals surface area contributed by atoms with Crippen LogP contribution in [-0.2, 0) is 18.8 Å². The van der Waals surface area contributed by atoms with Crippen LogP contribution in [0.4, 0.5) is 10.7 Å². The van der Waals surface area contributed by atoms with E-state index in [0.29, 0.717) is 9.70 Å². The Bertz CT molecular complexity index is 1310. The molecule has 0 N–H and O–H groups in total. The third-order valence-corrected chi connectivity index (χ3v) is 7.34. The Morgan fingerprint density at radius 2 is 1.90 bits per heavy atom. The third-order valence-electron chi connectivity index (χ3n) is 5.08. The largest absolute Gasteiger partial charge is 0.462 e. The smallest absolute Gasteiger partial charge is 0.343 e. The van der Waals surface area contributed by atoms with E-state index < -0.39 is 17.2 Å². The first-order valence-corrected chi connectivity index (χ1v) is 11.6. The number of carbonyl (C=O) groups is 1. The number of hydrogen-bond acceptors (Lipinski definition) is 7. The number of esters is 1. The number of carbonyl (C=O) groups excluding carboxylic acids is 1. The van der Waals surface area contributed by atoms with Crippen LogP contribution in [0.15, 0.2) is 44.9 Å². The predicted octanol–water partition coefficient (Wildman–Crippen LogP) is 3.10. The summed E-state index contributed by atoms with van der Waals surface area (Å²) < 4.78 is 7.89. The molecule has 1 saturated heterocycles. The first-order chi connectivity index (χ1) is 14.8. The number of benzene rings is 1. The third kappa shape index (κ3) is 3.59. The topological polar surface area (TPSA) is 85.9 Å². The summed E-state index contributed by atoms with van der Waals surface area (Å²) in [4.78, 5) is 45.0. The Kier molecular flexibility index (Phi) is 5.76. The monoisotopic (exact) mass is 458 g/mol. The van der Waals surface area contributed by atoms with Crippen LogP contribution in [0.3, 0.4) is 0 Å². The van der Waals surface area contributed by atoms with Crippen molar-refractivity contribution in [3.05, 3.63) is 56.7 Å². The fraction of sp³-hybridized carbons (Fsp3) is 0.333. The normalized spacial score (nSPS) is 17.6. The fourth-order valence-corrected chi connectivity index (χ4v) is 5.90. The Morgan fingerprint density at radius 3 is 2.58 bits per heavy atom. The lowest BCUT2D eigenvalue weighted by Gasteiger charge is -2.23. The van der Waals surface area contributed by atoms with Gasteiger partial charge in [-0.15, -0.1) is 11.3 Å². The summed E-state index contributed by atoms with van der Waals surface area (Å²) in [6.45, 7) is 3.99. The molecule has 162 valence electrons. The lowest BCUT2D eigenvalue weighted by Crippen LogP contribution is -2.36. The minimum atomic E-state index is -0.598. The molecule has 2 aromatic heterocycles. The molecule has 0 aliphatic carbocycles. The van der Waals surface area contributed by atoms with E-state index in [1.165, 1.54) is 11.6 Å². The molecule has 1 atom stereocenters. The Morgan fingerprint density at radius 1 is 1.19 bits per heavy atom. The second kappa shape index (κ2) is 8.35. The zero-order valence-corrected chi connectivity index (χ0v) is 19.2. The molecular formula is C21H22N4O4S2. The van der Waals surface area contributed by atoms with Crippen molar-refractivity contribution in [1.29, 1.82) is 0 Å². The number of thioether (sulfide) groups is 1. The number of nitrogens with zero attached hydrogens (tertiary/aromatic N) is 4. The quantitative estimate of drug-likeness (QED) is 0.559. The molecule has 1 aliphatic heterocycles. The summed E-state index contributed by atoms with van der Waals surface area (Å²) in [6.07, 6.45) is 0. The van der Waals surface area contributed by atoms with Crippen molar-refractivity contribution in [2.24, 2.45) is 19.1 Å². The van der Waals surface area contributed by atoms with E-state index >= 15 is 0 Å². The molecule has 0 radical (unpaired) electrons. The van der Waals surface area contributed by atoms with E-state index in [0.717, 1.165) is 32.5 Å². The average Bonchev–Trinajstić information content (AvgIpc) is 3.32. The zero-order valence-electron chi connectivity index (χ0n) is 17.6. The molecule has 1 fully saturated rings. The summed E-state index contributed by atoms with van der Waals surface area (Å²) in [6, 6.07) is 10.1. The number of ether oxygens (including phenoxy) is 1. The Hall–Kier alpha value is -2.85. The number of anilines is 1. The molecule has 4 rings (SSSR count). The van der Waals surface area contributed by atoms with Crippen molar-refractivity contribution < 1.29 is 9.53 Å². The number of fused-ring (bicyclic) bond motifs is 1. The zero-order chi connectivity index (χ0) is 22.3. The van der Waals surface area contributed by atoms with E-state index in [2.05, 4.69) is 11.8 Å². The summed E-state index contributed by atoms with van der Waals surface area (Å²) in [5.41, 5.74) is 0.459. The van der Waals surface area contributed by atoms with Crippen molar-refractivity contribution in [2.75, 3.05) is 17.3 Å². The van der Waals surface area contributed by atoms with Gasteiger partial charge in [-0.25, -0.2) is 14.6 Å². The maximum absolute atomic E-state index is 12.9. The molecule has 0 saturated carbocycles. The molecule has 1 unspecified atom stereocenters. The number of amidine groups is 1. The van der Waals surface area contributed by atoms with E-state index in [4.69, 9.17) is 9.73 Å². The number of hydrogen-bond donors (Lipinski definition) is 0. The maximum atomic E-state index is 12.9. The van der Waals surface area contributed by atoms with Crippen molar-refractivity contribution in [1.82, 2.24) is 9.13 Å². The molecule has 3 aromatic rings. The molecule has 0 amide bonds. The second-order valence-electron chi connectivity index (χ2n) is 7.15. The van der Waals surface area contributed by atoms with Gasteiger partial charge in [-0.1, -0.05) is 30.0 Å². The van der Waals surface area contributed by atoms with Crippen LogP contribution in [-0.4, -0.2) is 38.7 Å². The first-order valence-electron chi connectivity index (χ1n) is 9.80. The van der Waals surface area contributed by atoms with E-state index in [1.54, 1.807) is 25.7 Å². The van der Waals surface area contributed by atoms with Gasteiger partial charge in [0.25, 0.3) is 5.56 Å². The van der Waals surface area contributed by atoms with Crippen molar-refractivity contribution in [3.63, 3.8) is 0 Å². The number of aliphatic imine (C=N–C) groups is 1. The molecule has 1 aliphatic rings. The Balaban J connectivity index is 1.97. The van der Waals surface area contributed by atoms with Crippen molar-refractivity contribution in [3.8, 4) is 0 Å². The first kappa shape index (κ1) is 21.4. The van der Waals surface area contributed by atoms with Gasteiger partial charge in [-0.2, -0.15) is 0 Å². The molecule has 0 bridgehead atoms. The van der Waals surface area contributed by atoms with E-state index in [-0.39, 0.29) is 23.7 Å². The van der Waals surface area contributed by atoms with Gasteiger partial charge >= 0.3 is 11.7 Å². The van der Waals surface area contributed by atoms with Crippen LogP contribution in [0.25, 0.3) is 10.2 Å². The number of rotatable bonds is 4. The van der Waals surface area contributed by atoms with Gasteiger partial charge in [-0.05, 0) is 26.0 Å². The molecule has 8 nitrogen and oxygen atoms in total. The highest BCUT2D eigenvalue weighted by molar-refractivity contribution is 8.14. The van der Waals surface area contributed by atoms with Crippen LogP contribution in [0, 0.1) is 0 Å². The number of aromatic nitrogens is 2. The maximum Gasteiger partial charge on any atom is 0.343 e. The van der Waals surface area contributed by atoms with Crippen LogP contribution >= 0.6 is 23.1 Å². The molecule has 3 heterocycles. The second-order valence-corrected chi connectivity index (χ2v) is 9.13. The molecule has 0 spiro atoms. The van der Waals surface area contributed by atoms with Crippen LogP contribution < -0.4 is 16.1 Å². The summed E-state index contributed by atoms with van der Waals surface area (Å²) in [5.74, 6) is 0.242. The van der Waals surface area contributed by atoms with Gasteiger partial charge in [0.1, 0.15) is 15.3 Å². The minimum Gasteiger partial charge on any atom is -0.462 e. The standard InChI is InChI=1S/C21H22N4O4S2/c1-5-29-19(27)14-15-16(18(26)24(4)21(28)23(15)3)31-17(14)22-20-25(12(2)11-30-20)13-9-7-6-8-10-13/h6-10,12H,5,11H2,1-4H3/b22-20-. The summed E-state index contributed by atoms with van der Waals surface area (Å²) in [7, 11) is 2.96.